The van der Waals surface area contributed by atoms with Crippen LogP contribution in [0.5, 0.6) is 0 Å². The summed E-state index contributed by atoms with van der Waals surface area (Å²) in [6.07, 6.45) is 2.24. The summed E-state index contributed by atoms with van der Waals surface area (Å²) in [6.45, 7) is 3.55. The SMILES string of the molecule is CCc1nnsc1C(=O)Nc1ccc(N2CCNC(=O)C2)nc1. The number of anilines is 2. The van der Waals surface area contributed by atoms with Crippen molar-refractivity contribution < 1.29 is 9.59 Å². The number of carbonyl (C=O) groups excluding carboxylic acids is 2. The molecule has 9 heteroatoms. The van der Waals surface area contributed by atoms with Gasteiger partial charge in [0.15, 0.2) is 0 Å². The van der Waals surface area contributed by atoms with E-state index in [0.717, 1.165) is 18.1 Å². The fourth-order valence-corrected chi connectivity index (χ4v) is 2.93. The van der Waals surface area contributed by atoms with Gasteiger partial charge in [-0.3, -0.25) is 9.59 Å². The van der Waals surface area contributed by atoms with E-state index in [1.165, 1.54) is 0 Å². The van der Waals surface area contributed by atoms with Gasteiger partial charge in [0.05, 0.1) is 24.1 Å². The third kappa shape index (κ3) is 3.45. The van der Waals surface area contributed by atoms with Crippen LogP contribution in [0.2, 0.25) is 0 Å². The molecule has 0 unspecified atom stereocenters. The van der Waals surface area contributed by atoms with Gasteiger partial charge in [-0.05, 0) is 30.1 Å². The molecule has 0 atom stereocenters. The second kappa shape index (κ2) is 6.69. The van der Waals surface area contributed by atoms with Gasteiger partial charge in [0.1, 0.15) is 10.7 Å². The highest BCUT2D eigenvalue weighted by molar-refractivity contribution is 7.08. The Kier molecular flexibility index (Phi) is 4.47. The van der Waals surface area contributed by atoms with Crippen molar-refractivity contribution in [2.24, 2.45) is 0 Å². The summed E-state index contributed by atoms with van der Waals surface area (Å²) in [6, 6.07) is 3.56. The van der Waals surface area contributed by atoms with Crippen LogP contribution in [0.4, 0.5) is 11.5 Å². The van der Waals surface area contributed by atoms with E-state index in [0.29, 0.717) is 41.6 Å². The molecule has 2 N–H and O–H groups in total. The van der Waals surface area contributed by atoms with Crippen molar-refractivity contribution in [3.63, 3.8) is 0 Å². The summed E-state index contributed by atoms with van der Waals surface area (Å²) < 4.78 is 3.81. The second-order valence-electron chi connectivity index (χ2n) is 5.03. The van der Waals surface area contributed by atoms with Crippen molar-refractivity contribution >= 4 is 34.9 Å². The van der Waals surface area contributed by atoms with Crippen LogP contribution in [-0.4, -0.2) is 46.0 Å². The fraction of sp³-hybridized carbons (Fsp3) is 0.357. The molecule has 0 saturated carbocycles. The van der Waals surface area contributed by atoms with Crippen LogP contribution < -0.4 is 15.5 Å². The van der Waals surface area contributed by atoms with Crippen LogP contribution in [0.25, 0.3) is 0 Å². The Labute approximate surface area is 137 Å². The first-order valence-corrected chi connectivity index (χ1v) is 8.05. The molecule has 0 radical (unpaired) electrons. The lowest BCUT2D eigenvalue weighted by Crippen LogP contribution is -2.48. The number of rotatable bonds is 4. The normalized spacial score (nSPS) is 14.5. The van der Waals surface area contributed by atoms with Crippen LogP contribution in [0, 0.1) is 0 Å². The van der Waals surface area contributed by atoms with Gasteiger partial charge in [-0.25, -0.2) is 4.98 Å². The Hall–Kier alpha value is -2.55. The van der Waals surface area contributed by atoms with Crippen LogP contribution in [-0.2, 0) is 11.2 Å². The number of carbonyl (C=O) groups is 2. The number of nitrogens with zero attached hydrogens (tertiary/aromatic N) is 4. The molecule has 2 amide bonds. The van der Waals surface area contributed by atoms with Gasteiger partial charge in [-0.15, -0.1) is 5.10 Å². The van der Waals surface area contributed by atoms with Crippen LogP contribution in [0.3, 0.4) is 0 Å². The number of hydrogen-bond donors (Lipinski definition) is 2. The molecule has 120 valence electrons. The predicted molar refractivity (Wildman–Crippen MR) is 86.7 cm³/mol. The fourth-order valence-electron chi connectivity index (χ4n) is 2.28. The maximum absolute atomic E-state index is 12.2. The minimum Gasteiger partial charge on any atom is -0.353 e. The summed E-state index contributed by atoms with van der Waals surface area (Å²) >= 11 is 1.08. The number of amides is 2. The lowest BCUT2D eigenvalue weighted by Gasteiger charge is -2.27. The molecule has 3 heterocycles. The van der Waals surface area contributed by atoms with Crippen molar-refractivity contribution in [3.8, 4) is 0 Å². The van der Waals surface area contributed by atoms with Crippen molar-refractivity contribution in [2.75, 3.05) is 29.9 Å². The maximum atomic E-state index is 12.2. The summed E-state index contributed by atoms with van der Waals surface area (Å²) in [5.41, 5.74) is 1.28. The van der Waals surface area contributed by atoms with Gasteiger partial charge in [0.25, 0.3) is 5.91 Å². The van der Waals surface area contributed by atoms with E-state index in [1.54, 1.807) is 18.3 Å². The molecule has 8 nitrogen and oxygen atoms in total. The molecule has 0 aliphatic carbocycles. The topological polar surface area (TPSA) is 100 Å². The molecular formula is C14H16N6O2S. The first kappa shape index (κ1) is 15.3. The largest absolute Gasteiger partial charge is 0.353 e. The van der Waals surface area contributed by atoms with E-state index in [9.17, 15) is 9.59 Å². The molecule has 3 rings (SSSR count). The van der Waals surface area contributed by atoms with Crippen LogP contribution in [0.1, 0.15) is 22.3 Å². The summed E-state index contributed by atoms with van der Waals surface area (Å²) in [5.74, 6) is 0.468. The maximum Gasteiger partial charge on any atom is 0.269 e. The average molecular weight is 332 g/mol. The quantitative estimate of drug-likeness (QED) is 0.854. The molecule has 0 spiro atoms. The summed E-state index contributed by atoms with van der Waals surface area (Å²) in [5, 5.41) is 9.49. The van der Waals surface area contributed by atoms with Crippen LogP contribution in [0.15, 0.2) is 18.3 Å². The third-order valence-corrected chi connectivity index (χ3v) is 4.23. The zero-order valence-electron chi connectivity index (χ0n) is 12.6. The van der Waals surface area contributed by atoms with E-state index >= 15 is 0 Å². The highest BCUT2D eigenvalue weighted by atomic mass is 32.1. The molecule has 1 saturated heterocycles. The highest BCUT2D eigenvalue weighted by Crippen LogP contribution is 2.17. The van der Waals surface area contributed by atoms with E-state index in [4.69, 9.17) is 0 Å². The Morgan fingerprint density at radius 1 is 1.48 bits per heavy atom. The van der Waals surface area contributed by atoms with Crippen molar-refractivity contribution in [3.05, 3.63) is 28.9 Å². The lowest BCUT2D eigenvalue weighted by atomic mass is 10.3. The molecule has 1 fully saturated rings. The molecule has 2 aromatic rings. The molecule has 1 aliphatic heterocycles. The number of aromatic nitrogens is 3. The van der Waals surface area contributed by atoms with Crippen molar-refractivity contribution in [2.45, 2.75) is 13.3 Å². The minimum absolute atomic E-state index is 0.0137. The Morgan fingerprint density at radius 2 is 2.35 bits per heavy atom. The molecular weight excluding hydrogens is 316 g/mol. The standard InChI is InChI=1S/C14H16N6O2S/c1-2-10-13(23-19-18-10)14(22)17-9-3-4-11(16-7-9)20-6-5-15-12(21)8-20/h3-4,7H,2,5-6,8H2,1H3,(H,15,21)(H,17,22). The van der Waals surface area contributed by atoms with Gasteiger partial charge in [0, 0.05) is 13.1 Å². The first-order valence-electron chi connectivity index (χ1n) is 7.27. The second-order valence-corrected chi connectivity index (χ2v) is 5.79. The molecule has 23 heavy (non-hydrogen) atoms. The zero-order chi connectivity index (χ0) is 16.2. The molecule has 2 aromatic heterocycles. The molecule has 1 aliphatic rings. The lowest BCUT2D eigenvalue weighted by molar-refractivity contribution is -0.120. The van der Waals surface area contributed by atoms with Crippen molar-refractivity contribution in [1.29, 1.82) is 0 Å². The Balaban J connectivity index is 1.68. The van der Waals surface area contributed by atoms with Gasteiger partial charge < -0.3 is 15.5 Å². The third-order valence-electron chi connectivity index (χ3n) is 3.46. The smallest absolute Gasteiger partial charge is 0.269 e. The predicted octanol–water partition coefficient (Wildman–Crippen LogP) is 0.684. The summed E-state index contributed by atoms with van der Waals surface area (Å²) in [4.78, 5) is 30.3. The molecule has 0 aromatic carbocycles. The number of pyridine rings is 1. The Morgan fingerprint density at radius 3 is 3.04 bits per heavy atom. The van der Waals surface area contributed by atoms with Crippen LogP contribution >= 0.6 is 11.5 Å². The van der Waals surface area contributed by atoms with Crippen molar-refractivity contribution in [1.82, 2.24) is 19.9 Å². The van der Waals surface area contributed by atoms with Gasteiger partial charge >= 0.3 is 0 Å². The summed E-state index contributed by atoms with van der Waals surface area (Å²) in [7, 11) is 0. The Bertz CT molecular complexity index is 714. The minimum atomic E-state index is -0.233. The van der Waals surface area contributed by atoms with E-state index in [1.807, 2.05) is 11.8 Å². The highest BCUT2D eigenvalue weighted by Gasteiger charge is 2.18. The number of nitrogens with one attached hydrogen (secondary N) is 2. The van der Waals surface area contributed by atoms with E-state index < -0.39 is 0 Å². The van der Waals surface area contributed by atoms with E-state index in [-0.39, 0.29) is 11.8 Å². The van der Waals surface area contributed by atoms with Gasteiger partial charge in [0.2, 0.25) is 5.91 Å². The number of piperazine rings is 1. The molecule has 0 bridgehead atoms. The average Bonchev–Trinajstić information content (AvgIpc) is 3.04. The number of aryl methyl sites for hydroxylation is 1. The van der Waals surface area contributed by atoms with E-state index in [2.05, 4.69) is 25.2 Å². The van der Waals surface area contributed by atoms with Gasteiger partial charge in [-0.1, -0.05) is 11.4 Å². The zero-order valence-corrected chi connectivity index (χ0v) is 13.4. The van der Waals surface area contributed by atoms with Gasteiger partial charge in [-0.2, -0.15) is 0 Å². The monoisotopic (exact) mass is 332 g/mol. The first-order chi connectivity index (χ1) is 11.2. The number of hydrogen-bond acceptors (Lipinski definition) is 7.